The lowest BCUT2D eigenvalue weighted by Crippen LogP contribution is -2.27. The van der Waals surface area contributed by atoms with Crippen LogP contribution in [-0.4, -0.2) is 66.7 Å². The second-order valence-corrected chi connectivity index (χ2v) is 9.47. The van der Waals surface area contributed by atoms with Crippen LogP contribution in [0.4, 0.5) is 10.1 Å². The van der Waals surface area contributed by atoms with Gasteiger partial charge in [0.1, 0.15) is 11.6 Å². The summed E-state index contributed by atoms with van der Waals surface area (Å²) in [6.07, 6.45) is 8.33. The van der Waals surface area contributed by atoms with E-state index in [0.717, 1.165) is 39.2 Å². The topological polar surface area (TPSA) is 136 Å². The van der Waals surface area contributed by atoms with Gasteiger partial charge < -0.3 is 20.3 Å². The van der Waals surface area contributed by atoms with Crippen molar-refractivity contribution in [2.75, 3.05) is 26.0 Å². The normalized spacial score (nSPS) is 11.5. The highest BCUT2D eigenvalue weighted by Crippen LogP contribution is 2.35. The summed E-state index contributed by atoms with van der Waals surface area (Å²) in [6, 6.07) is 9.65. The smallest absolute Gasteiger partial charge is 0.238 e. The number of anilines is 1. The number of hydrogen-bond donors (Lipinski definition) is 4. The molecule has 0 unspecified atom stereocenters. The van der Waals surface area contributed by atoms with Crippen LogP contribution in [0.15, 0.2) is 67.4 Å². The predicted octanol–water partition coefficient (Wildman–Crippen LogP) is 4.58. The third-order valence-corrected chi connectivity index (χ3v) is 6.23. The van der Waals surface area contributed by atoms with Crippen LogP contribution in [-0.2, 0) is 4.79 Å². The lowest BCUT2D eigenvalue weighted by molar-refractivity contribution is -0.116. The number of halogens is 1. The molecule has 0 bridgehead atoms. The number of phenolic OH excluding ortho intramolecular Hbond substituents is 1. The molecule has 10 nitrogen and oxygen atoms in total. The maximum atomic E-state index is 14.0. The van der Waals surface area contributed by atoms with E-state index < -0.39 is 5.82 Å². The van der Waals surface area contributed by atoms with Crippen molar-refractivity contribution in [3.63, 3.8) is 0 Å². The summed E-state index contributed by atoms with van der Waals surface area (Å²) in [7, 11) is 3.66. The highest BCUT2D eigenvalue weighted by molar-refractivity contribution is 6.01. The highest BCUT2D eigenvalue weighted by atomic mass is 19.1. The molecule has 39 heavy (non-hydrogen) atoms. The highest BCUT2D eigenvalue weighted by Gasteiger charge is 2.16. The number of H-pyrrole nitrogens is 2. The summed E-state index contributed by atoms with van der Waals surface area (Å²) in [4.78, 5) is 30.4. The molecule has 1 aromatic carbocycles. The summed E-state index contributed by atoms with van der Waals surface area (Å²) < 4.78 is 14.0. The number of hydrogen-bond acceptors (Lipinski definition) is 7. The van der Waals surface area contributed by atoms with Gasteiger partial charge in [0.25, 0.3) is 0 Å². The molecule has 0 aliphatic carbocycles. The van der Waals surface area contributed by atoms with Gasteiger partial charge in [0.05, 0.1) is 41.5 Å². The molecule has 6 rings (SSSR count). The van der Waals surface area contributed by atoms with Crippen LogP contribution in [0.1, 0.15) is 0 Å². The number of nitrogens with zero attached hydrogens (tertiary/aromatic N) is 5. The molecule has 0 aliphatic heterocycles. The van der Waals surface area contributed by atoms with Crippen molar-refractivity contribution < 1.29 is 14.3 Å². The average molecular weight is 523 g/mol. The number of aromatic nitrogens is 6. The number of amides is 1. The molecular formula is C28H23FN8O2. The summed E-state index contributed by atoms with van der Waals surface area (Å²) in [5.74, 6) is -0.829. The number of benzene rings is 1. The first kappa shape index (κ1) is 24.2. The van der Waals surface area contributed by atoms with Crippen molar-refractivity contribution in [2.24, 2.45) is 0 Å². The number of aromatic hydroxyl groups is 1. The Hall–Kier alpha value is -5.16. The first-order chi connectivity index (χ1) is 18.8. The van der Waals surface area contributed by atoms with Gasteiger partial charge in [0.2, 0.25) is 5.91 Å². The minimum atomic E-state index is -0.535. The number of carbonyl (C=O) groups is 1. The van der Waals surface area contributed by atoms with Gasteiger partial charge in [0, 0.05) is 52.1 Å². The van der Waals surface area contributed by atoms with Crippen LogP contribution >= 0.6 is 0 Å². The number of likely N-dealkylation sites (N-methyl/N-ethyl adjacent to an activating group) is 1. The largest absolute Gasteiger partial charge is 0.508 e. The molecular weight excluding hydrogens is 499 g/mol. The maximum Gasteiger partial charge on any atom is 0.238 e. The maximum absolute atomic E-state index is 14.0. The number of rotatable bonds is 6. The van der Waals surface area contributed by atoms with Crippen LogP contribution in [0, 0.1) is 5.82 Å². The Morgan fingerprint density at radius 1 is 0.949 bits per heavy atom. The number of pyridine rings is 3. The lowest BCUT2D eigenvalue weighted by atomic mass is 10.0. The summed E-state index contributed by atoms with van der Waals surface area (Å²) in [6.45, 7) is 0.262. The van der Waals surface area contributed by atoms with Crippen LogP contribution < -0.4 is 5.32 Å². The van der Waals surface area contributed by atoms with Gasteiger partial charge in [-0.15, -0.1) is 0 Å². The van der Waals surface area contributed by atoms with Gasteiger partial charge in [0.15, 0.2) is 5.65 Å². The van der Waals surface area contributed by atoms with Crippen molar-refractivity contribution in [1.29, 1.82) is 0 Å². The zero-order valence-corrected chi connectivity index (χ0v) is 21.0. The SMILES string of the molecule is CN(C)CC(=O)Nc1cncc(-c2cnc3n[nH]c(-c4cc5c(-c6cc(O)cc(F)c6)cncc5[nH]4)c3c2)c1. The van der Waals surface area contributed by atoms with Gasteiger partial charge in [-0.2, -0.15) is 5.10 Å². The fraction of sp³-hybridized carbons (Fsp3) is 0.107. The van der Waals surface area contributed by atoms with E-state index in [1.807, 2.05) is 32.3 Å². The van der Waals surface area contributed by atoms with E-state index in [9.17, 15) is 14.3 Å². The van der Waals surface area contributed by atoms with Gasteiger partial charge >= 0.3 is 0 Å². The lowest BCUT2D eigenvalue weighted by Gasteiger charge is -2.10. The Kier molecular flexibility index (Phi) is 5.97. The number of phenols is 1. The molecule has 0 spiro atoms. The van der Waals surface area contributed by atoms with Crippen molar-refractivity contribution in [3.05, 3.63) is 73.2 Å². The molecule has 5 aromatic heterocycles. The first-order valence-electron chi connectivity index (χ1n) is 12.1. The van der Waals surface area contributed by atoms with Crippen molar-refractivity contribution >= 4 is 33.5 Å². The molecule has 0 saturated heterocycles. The van der Waals surface area contributed by atoms with Crippen molar-refractivity contribution in [3.8, 4) is 39.4 Å². The minimum Gasteiger partial charge on any atom is -0.508 e. The predicted molar refractivity (Wildman–Crippen MR) is 146 cm³/mol. The summed E-state index contributed by atoms with van der Waals surface area (Å²) in [5, 5.41) is 21.8. The van der Waals surface area contributed by atoms with E-state index in [4.69, 9.17) is 0 Å². The molecule has 194 valence electrons. The van der Waals surface area contributed by atoms with Crippen LogP contribution in [0.3, 0.4) is 0 Å². The van der Waals surface area contributed by atoms with E-state index in [1.54, 1.807) is 35.9 Å². The molecule has 5 heterocycles. The third-order valence-electron chi connectivity index (χ3n) is 6.23. The Morgan fingerprint density at radius 3 is 2.59 bits per heavy atom. The quantitative estimate of drug-likeness (QED) is 0.251. The number of fused-ring (bicyclic) bond motifs is 2. The Morgan fingerprint density at radius 2 is 1.77 bits per heavy atom. The molecule has 0 fully saturated rings. The van der Waals surface area contributed by atoms with Gasteiger partial charge in [-0.1, -0.05) is 0 Å². The molecule has 11 heteroatoms. The minimum absolute atomic E-state index is 0.134. The number of nitrogens with one attached hydrogen (secondary N) is 3. The molecule has 0 radical (unpaired) electrons. The Balaban J connectivity index is 1.39. The Labute approximate surface area is 221 Å². The van der Waals surface area contributed by atoms with Gasteiger partial charge in [-0.05, 0) is 50.0 Å². The number of carbonyl (C=O) groups excluding carboxylic acids is 1. The van der Waals surface area contributed by atoms with Gasteiger partial charge in [-0.3, -0.25) is 19.9 Å². The second kappa shape index (κ2) is 9.62. The van der Waals surface area contributed by atoms with Crippen LogP contribution in [0.5, 0.6) is 5.75 Å². The second-order valence-electron chi connectivity index (χ2n) is 9.47. The first-order valence-corrected chi connectivity index (χ1v) is 12.1. The standard InChI is InChI=1S/C28H23FN8O2/c1-37(2)14-26(39)33-19-4-16(9-30-11-19)17-6-22-27(35-36-28(22)32-10-17)24-8-21-23(12-31-13-25(21)34-24)15-3-18(29)7-20(38)5-15/h3-13,34,38H,14H2,1-2H3,(H,33,39)(H,32,35,36). The summed E-state index contributed by atoms with van der Waals surface area (Å²) >= 11 is 0. The summed E-state index contributed by atoms with van der Waals surface area (Å²) in [5.41, 5.74) is 6.09. The fourth-order valence-electron chi connectivity index (χ4n) is 4.56. The van der Waals surface area contributed by atoms with Crippen molar-refractivity contribution in [1.82, 2.24) is 35.0 Å². The van der Waals surface area contributed by atoms with E-state index >= 15 is 0 Å². The third kappa shape index (κ3) is 4.78. The van der Waals surface area contributed by atoms with Crippen LogP contribution in [0.25, 0.3) is 55.6 Å². The number of aromatic amines is 2. The van der Waals surface area contributed by atoms with Crippen LogP contribution in [0.2, 0.25) is 0 Å². The average Bonchev–Trinajstić information content (AvgIpc) is 3.51. The molecule has 4 N–H and O–H groups in total. The van der Waals surface area contributed by atoms with E-state index in [1.165, 1.54) is 12.1 Å². The molecule has 1 amide bonds. The Bertz CT molecular complexity index is 1840. The molecule has 0 saturated carbocycles. The zero-order valence-electron chi connectivity index (χ0n) is 21.0. The zero-order chi connectivity index (χ0) is 27.1. The van der Waals surface area contributed by atoms with E-state index in [2.05, 4.69) is 35.5 Å². The van der Waals surface area contributed by atoms with E-state index in [0.29, 0.717) is 28.2 Å². The van der Waals surface area contributed by atoms with Crippen molar-refractivity contribution in [2.45, 2.75) is 0 Å². The molecule has 0 atom stereocenters. The fourth-order valence-corrected chi connectivity index (χ4v) is 4.56. The van der Waals surface area contributed by atoms with Gasteiger partial charge in [-0.25, -0.2) is 9.37 Å². The molecule has 6 aromatic rings. The monoisotopic (exact) mass is 522 g/mol. The van der Waals surface area contributed by atoms with E-state index in [-0.39, 0.29) is 18.2 Å². The molecule has 0 aliphatic rings.